The Morgan fingerprint density at radius 1 is 0.833 bits per heavy atom. The molecule has 0 aliphatic carbocycles. The van der Waals surface area contributed by atoms with Gasteiger partial charge in [-0.2, -0.15) is 5.01 Å². The van der Waals surface area contributed by atoms with Gasteiger partial charge in [-0.05, 0) is 17.2 Å². The summed E-state index contributed by atoms with van der Waals surface area (Å²) >= 11 is 0. The van der Waals surface area contributed by atoms with Crippen LogP contribution in [0.5, 0.6) is 0 Å². The van der Waals surface area contributed by atoms with Crippen LogP contribution >= 0.6 is 0 Å². The molecule has 2 heterocycles. The minimum atomic E-state index is 0.404. The maximum Gasteiger partial charge on any atom is 0.106 e. The van der Waals surface area contributed by atoms with Crippen LogP contribution in [0.1, 0.15) is 17.2 Å². The summed E-state index contributed by atoms with van der Waals surface area (Å²) in [5.41, 5.74) is 4.01. The number of rotatable bonds is 2. The van der Waals surface area contributed by atoms with E-state index >= 15 is 0 Å². The number of hydrazine groups is 1. The average Bonchev–Trinajstić information content (AvgIpc) is 3.15. The lowest BCUT2D eigenvalue weighted by Gasteiger charge is -2.08. The van der Waals surface area contributed by atoms with Crippen molar-refractivity contribution in [2.75, 3.05) is 6.67 Å². The lowest BCUT2D eigenvalue weighted by molar-refractivity contribution is 0.371. The quantitative estimate of drug-likeness (QED) is 0.735. The predicted molar refractivity (Wildman–Crippen MR) is 72.1 cm³/mol. The van der Waals surface area contributed by atoms with E-state index in [0.717, 1.165) is 6.67 Å². The van der Waals surface area contributed by atoms with E-state index in [9.17, 15) is 0 Å². The van der Waals surface area contributed by atoms with Crippen molar-refractivity contribution in [1.29, 1.82) is 0 Å². The minimum Gasteiger partial charge on any atom is -0.287 e. The van der Waals surface area contributed by atoms with E-state index in [2.05, 4.69) is 76.8 Å². The molecule has 2 unspecified atom stereocenters. The first-order valence-electron chi connectivity index (χ1n) is 6.30. The fourth-order valence-corrected chi connectivity index (χ4v) is 2.66. The molecule has 0 aromatic heterocycles. The van der Waals surface area contributed by atoms with E-state index in [4.69, 9.17) is 0 Å². The summed E-state index contributed by atoms with van der Waals surface area (Å²) in [7, 11) is 0. The van der Waals surface area contributed by atoms with Crippen LogP contribution in [0.25, 0.3) is 5.70 Å². The topological polar surface area (TPSA) is 6.02 Å². The van der Waals surface area contributed by atoms with Crippen molar-refractivity contribution in [2.24, 2.45) is 0 Å². The first kappa shape index (κ1) is 9.92. The molecule has 0 radical (unpaired) electrons. The van der Waals surface area contributed by atoms with Gasteiger partial charge in [0.2, 0.25) is 0 Å². The molecule has 2 aromatic carbocycles. The van der Waals surface area contributed by atoms with Crippen LogP contribution in [0.4, 0.5) is 0 Å². The third kappa shape index (κ3) is 1.46. The second-order valence-electron chi connectivity index (χ2n) is 4.75. The molecule has 18 heavy (non-hydrogen) atoms. The van der Waals surface area contributed by atoms with Crippen molar-refractivity contribution in [1.82, 2.24) is 10.0 Å². The van der Waals surface area contributed by atoms with Gasteiger partial charge in [-0.25, -0.2) is 0 Å². The van der Waals surface area contributed by atoms with E-state index in [1.54, 1.807) is 0 Å². The van der Waals surface area contributed by atoms with E-state index in [1.807, 2.05) is 0 Å². The molecule has 2 atom stereocenters. The lowest BCUT2D eigenvalue weighted by Crippen LogP contribution is -2.04. The number of hydrogen-bond acceptors (Lipinski definition) is 2. The molecule has 0 spiro atoms. The summed E-state index contributed by atoms with van der Waals surface area (Å²) in [6, 6.07) is 21.7. The SMILES string of the molecule is C1=C(c2ccccc2)N2CN2C1c1ccccc1. The molecular weight excluding hydrogens is 220 g/mol. The Morgan fingerprint density at radius 2 is 1.50 bits per heavy atom. The molecule has 0 bridgehead atoms. The summed E-state index contributed by atoms with van der Waals surface area (Å²) in [5, 5.41) is 4.73. The van der Waals surface area contributed by atoms with E-state index < -0.39 is 0 Å². The normalized spacial score (nSPS) is 24.7. The van der Waals surface area contributed by atoms with Crippen LogP contribution in [-0.2, 0) is 0 Å². The number of hydrogen-bond donors (Lipinski definition) is 0. The smallest absolute Gasteiger partial charge is 0.106 e. The molecule has 0 saturated carbocycles. The van der Waals surface area contributed by atoms with Gasteiger partial charge in [0.05, 0.1) is 11.7 Å². The van der Waals surface area contributed by atoms with Crippen LogP contribution in [0.3, 0.4) is 0 Å². The molecule has 1 saturated heterocycles. The third-order valence-corrected chi connectivity index (χ3v) is 3.63. The molecule has 4 rings (SSSR count). The number of nitrogens with zero attached hydrogens (tertiary/aromatic N) is 2. The van der Waals surface area contributed by atoms with Gasteiger partial charge >= 0.3 is 0 Å². The third-order valence-electron chi connectivity index (χ3n) is 3.63. The van der Waals surface area contributed by atoms with Crippen molar-refractivity contribution in [2.45, 2.75) is 6.04 Å². The molecule has 88 valence electrons. The Labute approximate surface area is 107 Å². The summed E-state index contributed by atoms with van der Waals surface area (Å²) < 4.78 is 0. The zero-order valence-electron chi connectivity index (χ0n) is 10.0. The van der Waals surface area contributed by atoms with Gasteiger partial charge in [-0.3, -0.25) is 5.01 Å². The second kappa shape index (κ2) is 3.72. The highest BCUT2D eigenvalue weighted by Crippen LogP contribution is 2.45. The fraction of sp³-hybridized carbons (Fsp3) is 0.125. The number of benzene rings is 2. The highest BCUT2D eigenvalue weighted by molar-refractivity contribution is 5.68. The molecular formula is C16H14N2. The van der Waals surface area contributed by atoms with Gasteiger partial charge in [0.15, 0.2) is 0 Å². The van der Waals surface area contributed by atoms with Crippen molar-refractivity contribution in [3.8, 4) is 0 Å². The predicted octanol–water partition coefficient (Wildman–Crippen LogP) is 3.27. The molecule has 2 aromatic rings. The highest BCUT2D eigenvalue weighted by atomic mass is 15.8. The van der Waals surface area contributed by atoms with Crippen LogP contribution in [0.15, 0.2) is 66.7 Å². The monoisotopic (exact) mass is 234 g/mol. The molecule has 0 N–H and O–H groups in total. The highest BCUT2D eigenvalue weighted by Gasteiger charge is 2.44. The second-order valence-corrected chi connectivity index (χ2v) is 4.75. The van der Waals surface area contributed by atoms with Crippen molar-refractivity contribution < 1.29 is 0 Å². The van der Waals surface area contributed by atoms with Gasteiger partial charge in [0.1, 0.15) is 6.67 Å². The zero-order chi connectivity index (χ0) is 11.9. The van der Waals surface area contributed by atoms with E-state index in [1.165, 1.54) is 16.8 Å². The average molecular weight is 234 g/mol. The zero-order valence-corrected chi connectivity index (χ0v) is 10.0. The van der Waals surface area contributed by atoms with Gasteiger partial charge in [0.25, 0.3) is 0 Å². The van der Waals surface area contributed by atoms with Crippen LogP contribution in [0.2, 0.25) is 0 Å². The molecule has 2 heteroatoms. The van der Waals surface area contributed by atoms with Crippen molar-refractivity contribution in [3.05, 3.63) is 77.9 Å². The van der Waals surface area contributed by atoms with Gasteiger partial charge in [-0.15, -0.1) is 0 Å². The fourth-order valence-electron chi connectivity index (χ4n) is 2.66. The largest absolute Gasteiger partial charge is 0.287 e. The summed E-state index contributed by atoms with van der Waals surface area (Å²) in [6.07, 6.45) is 2.36. The Morgan fingerprint density at radius 3 is 2.22 bits per heavy atom. The van der Waals surface area contributed by atoms with Crippen molar-refractivity contribution in [3.63, 3.8) is 0 Å². The molecule has 1 fully saturated rings. The van der Waals surface area contributed by atoms with Gasteiger partial charge in [0, 0.05) is 0 Å². The van der Waals surface area contributed by atoms with E-state index in [-0.39, 0.29) is 0 Å². The maximum atomic E-state index is 2.39. The van der Waals surface area contributed by atoms with Gasteiger partial charge < -0.3 is 0 Å². The molecule has 2 aliphatic rings. The lowest BCUT2D eigenvalue weighted by atomic mass is 10.0. The van der Waals surface area contributed by atoms with E-state index in [0.29, 0.717) is 6.04 Å². The summed E-state index contributed by atoms with van der Waals surface area (Å²) in [4.78, 5) is 0. The first-order valence-corrected chi connectivity index (χ1v) is 6.30. The Kier molecular flexibility index (Phi) is 2.05. The molecule has 2 aliphatic heterocycles. The van der Waals surface area contributed by atoms with Crippen LogP contribution < -0.4 is 0 Å². The number of fused-ring (bicyclic) bond motifs is 1. The standard InChI is InChI=1S/C16H14N2/c1-3-7-13(8-4-1)15-11-16(18-12-17(15)18)14-9-5-2-6-10-14/h1-11,15H,12H2. The van der Waals surface area contributed by atoms with Crippen LogP contribution in [-0.4, -0.2) is 16.7 Å². The molecule has 0 amide bonds. The Hall–Kier alpha value is -2.06. The molecule has 2 nitrogen and oxygen atoms in total. The summed E-state index contributed by atoms with van der Waals surface area (Å²) in [5.74, 6) is 0. The van der Waals surface area contributed by atoms with Crippen LogP contribution in [0, 0.1) is 0 Å². The van der Waals surface area contributed by atoms with Crippen molar-refractivity contribution >= 4 is 5.70 Å². The van der Waals surface area contributed by atoms with Gasteiger partial charge in [-0.1, -0.05) is 60.7 Å². The first-order chi connectivity index (χ1) is 8.93. The Balaban J connectivity index is 1.72. The summed E-state index contributed by atoms with van der Waals surface area (Å²) in [6.45, 7) is 1.04. The maximum absolute atomic E-state index is 2.39. The Bertz CT molecular complexity index is 589. The minimum absolute atomic E-state index is 0.404.